The molecule has 0 saturated heterocycles. The van der Waals surface area contributed by atoms with Crippen LogP contribution in [0.2, 0.25) is 0 Å². The molecule has 0 aromatic rings. The average molecular weight is 186 g/mol. The van der Waals surface area contributed by atoms with Gasteiger partial charge in [-0.1, -0.05) is 27.7 Å². The number of hydrogen-bond acceptors (Lipinski definition) is 1. The summed E-state index contributed by atoms with van der Waals surface area (Å²) in [6, 6.07) is 0. The molecule has 1 N–H and O–H groups in total. The largest absolute Gasteiger partial charge is 0.390 e. The van der Waals surface area contributed by atoms with E-state index in [0.717, 1.165) is 24.7 Å². The molecule has 1 rings (SSSR count). The van der Waals surface area contributed by atoms with Crippen LogP contribution in [-0.2, 0) is 0 Å². The molecule has 0 unspecified atom stereocenters. The summed E-state index contributed by atoms with van der Waals surface area (Å²) >= 11 is 0. The van der Waals surface area contributed by atoms with Crippen LogP contribution < -0.4 is 0 Å². The van der Waals surface area contributed by atoms with Crippen LogP contribution in [-0.4, -0.2) is 10.7 Å². The van der Waals surface area contributed by atoms with Crippen LogP contribution in [0.3, 0.4) is 0 Å². The molecule has 0 radical (unpaired) electrons. The second kappa shape index (κ2) is 5.64. The van der Waals surface area contributed by atoms with E-state index in [2.05, 4.69) is 13.8 Å². The minimum absolute atomic E-state index is 0.356. The lowest BCUT2D eigenvalue weighted by atomic mass is 9.75. The summed E-state index contributed by atoms with van der Waals surface area (Å²) in [4.78, 5) is 0. The molecule has 0 heterocycles. The van der Waals surface area contributed by atoms with Gasteiger partial charge in [-0.05, 0) is 44.4 Å². The van der Waals surface area contributed by atoms with Crippen LogP contribution in [0, 0.1) is 11.8 Å². The van der Waals surface area contributed by atoms with Crippen molar-refractivity contribution in [3.05, 3.63) is 0 Å². The van der Waals surface area contributed by atoms with Crippen molar-refractivity contribution in [1.29, 1.82) is 0 Å². The van der Waals surface area contributed by atoms with E-state index in [0.29, 0.717) is 0 Å². The predicted molar refractivity (Wildman–Crippen MR) is 58.8 cm³/mol. The molecular weight excluding hydrogens is 160 g/mol. The zero-order valence-corrected chi connectivity index (χ0v) is 9.93. The van der Waals surface area contributed by atoms with E-state index in [-0.39, 0.29) is 5.60 Å². The van der Waals surface area contributed by atoms with E-state index in [1.165, 1.54) is 12.8 Å². The summed E-state index contributed by atoms with van der Waals surface area (Å²) in [5, 5.41) is 9.67. The topological polar surface area (TPSA) is 20.2 Å². The Labute approximate surface area is 83.5 Å². The Morgan fingerprint density at radius 1 is 1.15 bits per heavy atom. The lowest BCUT2D eigenvalue weighted by Crippen LogP contribution is -2.31. The minimum Gasteiger partial charge on any atom is -0.390 e. The molecule has 0 aliphatic heterocycles. The highest BCUT2D eigenvalue weighted by Gasteiger charge is 2.29. The summed E-state index contributed by atoms with van der Waals surface area (Å²) in [6.45, 7) is 10.5. The maximum atomic E-state index is 9.67. The molecule has 1 saturated carbocycles. The summed E-state index contributed by atoms with van der Waals surface area (Å²) in [7, 11) is 0. The fourth-order valence-electron chi connectivity index (χ4n) is 1.93. The van der Waals surface area contributed by atoms with E-state index >= 15 is 0 Å². The van der Waals surface area contributed by atoms with Gasteiger partial charge >= 0.3 is 0 Å². The summed E-state index contributed by atoms with van der Waals surface area (Å²) in [5.41, 5.74) is -0.356. The minimum atomic E-state index is -0.356. The van der Waals surface area contributed by atoms with Gasteiger partial charge in [-0.15, -0.1) is 0 Å². The highest BCUT2D eigenvalue weighted by atomic mass is 16.3. The van der Waals surface area contributed by atoms with Crippen molar-refractivity contribution in [2.24, 2.45) is 11.8 Å². The summed E-state index contributed by atoms with van der Waals surface area (Å²) in [5.74, 6) is 1.65. The van der Waals surface area contributed by atoms with Crippen LogP contribution in [0.4, 0.5) is 0 Å². The fourth-order valence-corrected chi connectivity index (χ4v) is 1.93. The normalized spacial score (nSPS) is 33.9. The molecule has 0 aromatic carbocycles. The van der Waals surface area contributed by atoms with Gasteiger partial charge in [-0.3, -0.25) is 0 Å². The molecule has 1 aliphatic rings. The van der Waals surface area contributed by atoms with Crippen LogP contribution in [0.15, 0.2) is 0 Å². The van der Waals surface area contributed by atoms with Crippen LogP contribution in [0.25, 0.3) is 0 Å². The first-order valence-electron chi connectivity index (χ1n) is 5.74. The molecule has 1 heteroatoms. The van der Waals surface area contributed by atoms with Crippen molar-refractivity contribution >= 4 is 0 Å². The molecule has 0 atom stereocenters. The van der Waals surface area contributed by atoms with Crippen LogP contribution in [0.1, 0.15) is 60.3 Å². The number of aliphatic hydroxyl groups is 1. The Balaban J connectivity index is 0.000000671. The third-order valence-corrected chi connectivity index (χ3v) is 3.05. The maximum absolute atomic E-state index is 9.67. The van der Waals surface area contributed by atoms with Crippen LogP contribution in [0.5, 0.6) is 0 Å². The standard InChI is InChI=1S/C10H20O.C2H6/c1-8(2)9-4-6-10(3,11)7-5-9;1-2/h8-9,11H,4-7H2,1-3H3;1-2H3. The molecule has 0 bridgehead atoms. The molecule has 1 aliphatic carbocycles. The zero-order chi connectivity index (χ0) is 10.5. The molecular formula is C12H26O. The van der Waals surface area contributed by atoms with Gasteiger partial charge in [-0.2, -0.15) is 0 Å². The van der Waals surface area contributed by atoms with Gasteiger partial charge in [-0.25, -0.2) is 0 Å². The molecule has 0 amide bonds. The number of rotatable bonds is 1. The third-order valence-electron chi connectivity index (χ3n) is 3.05. The lowest BCUT2D eigenvalue weighted by Gasteiger charge is -2.34. The fraction of sp³-hybridized carbons (Fsp3) is 1.00. The van der Waals surface area contributed by atoms with Crippen molar-refractivity contribution in [1.82, 2.24) is 0 Å². The van der Waals surface area contributed by atoms with Crippen molar-refractivity contribution in [2.75, 3.05) is 0 Å². The van der Waals surface area contributed by atoms with E-state index in [1.807, 2.05) is 20.8 Å². The average Bonchev–Trinajstić information content (AvgIpc) is 2.07. The second-order valence-electron chi connectivity index (χ2n) is 4.58. The maximum Gasteiger partial charge on any atom is 0.0620 e. The van der Waals surface area contributed by atoms with Crippen molar-refractivity contribution in [3.63, 3.8) is 0 Å². The summed E-state index contributed by atoms with van der Waals surface area (Å²) < 4.78 is 0. The van der Waals surface area contributed by atoms with E-state index in [9.17, 15) is 5.11 Å². The Bertz CT molecular complexity index is 117. The Kier molecular flexibility index (Phi) is 5.62. The zero-order valence-electron chi connectivity index (χ0n) is 9.93. The van der Waals surface area contributed by atoms with Crippen LogP contribution >= 0.6 is 0 Å². The van der Waals surface area contributed by atoms with Crippen molar-refractivity contribution in [2.45, 2.75) is 65.9 Å². The van der Waals surface area contributed by atoms with Gasteiger partial charge in [0, 0.05) is 0 Å². The van der Waals surface area contributed by atoms with Crippen molar-refractivity contribution in [3.8, 4) is 0 Å². The highest BCUT2D eigenvalue weighted by Crippen LogP contribution is 2.35. The van der Waals surface area contributed by atoms with Gasteiger partial charge in [0.1, 0.15) is 0 Å². The molecule has 1 nitrogen and oxygen atoms in total. The lowest BCUT2D eigenvalue weighted by molar-refractivity contribution is 0.00161. The molecule has 1 fully saturated rings. The summed E-state index contributed by atoms with van der Waals surface area (Å²) in [6.07, 6.45) is 4.42. The second-order valence-corrected chi connectivity index (χ2v) is 4.58. The SMILES string of the molecule is CC.CC(C)C1CCC(C)(O)CC1. The van der Waals surface area contributed by atoms with Gasteiger partial charge in [0.25, 0.3) is 0 Å². The van der Waals surface area contributed by atoms with Gasteiger partial charge in [0.2, 0.25) is 0 Å². The van der Waals surface area contributed by atoms with Gasteiger partial charge in [0.05, 0.1) is 5.60 Å². The molecule has 13 heavy (non-hydrogen) atoms. The quantitative estimate of drug-likeness (QED) is 0.663. The molecule has 0 spiro atoms. The molecule has 80 valence electrons. The van der Waals surface area contributed by atoms with E-state index in [1.54, 1.807) is 0 Å². The third kappa shape index (κ3) is 4.66. The van der Waals surface area contributed by atoms with E-state index < -0.39 is 0 Å². The Morgan fingerprint density at radius 2 is 1.54 bits per heavy atom. The first-order chi connectivity index (χ1) is 6.01. The number of hydrogen-bond donors (Lipinski definition) is 1. The predicted octanol–water partition coefficient (Wildman–Crippen LogP) is 3.61. The Hall–Kier alpha value is -0.0400. The monoisotopic (exact) mass is 186 g/mol. The van der Waals surface area contributed by atoms with Crippen molar-refractivity contribution < 1.29 is 5.11 Å². The van der Waals surface area contributed by atoms with E-state index in [4.69, 9.17) is 0 Å². The first kappa shape index (κ1) is 13.0. The van der Waals surface area contributed by atoms with Gasteiger partial charge in [0.15, 0.2) is 0 Å². The Morgan fingerprint density at radius 3 is 1.85 bits per heavy atom. The molecule has 0 aromatic heterocycles. The first-order valence-corrected chi connectivity index (χ1v) is 5.74. The van der Waals surface area contributed by atoms with Gasteiger partial charge < -0.3 is 5.11 Å². The smallest absolute Gasteiger partial charge is 0.0620 e. The highest BCUT2D eigenvalue weighted by molar-refractivity contribution is 4.82.